The van der Waals surface area contributed by atoms with E-state index in [2.05, 4.69) is 0 Å². The third-order valence-corrected chi connectivity index (χ3v) is 4.21. The van der Waals surface area contributed by atoms with E-state index in [1.165, 1.54) is 0 Å². The number of ether oxygens (including phenoxy) is 1. The SMILES string of the molecule is O=C(O)c1ccccc1-c1ccccc1.O=C(Oc1ccccc1)c1ccccc1. The first-order valence-electron chi connectivity index (χ1n) is 9.35. The number of esters is 1. The average molecular weight is 396 g/mol. The van der Waals surface area contributed by atoms with Crippen LogP contribution >= 0.6 is 0 Å². The van der Waals surface area contributed by atoms with Gasteiger partial charge < -0.3 is 9.84 Å². The van der Waals surface area contributed by atoms with Crippen LogP contribution in [-0.4, -0.2) is 17.0 Å². The number of carbonyl (C=O) groups excluding carboxylic acids is 1. The Labute approximate surface area is 175 Å². The molecule has 0 bridgehead atoms. The first-order chi connectivity index (χ1) is 14.6. The van der Waals surface area contributed by atoms with Crippen LogP contribution in [0.5, 0.6) is 5.75 Å². The number of carboxylic acids is 1. The Hall–Kier alpha value is -4.18. The molecule has 0 aliphatic carbocycles. The van der Waals surface area contributed by atoms with Gasteiger partial charge in [-0.1, -0.05) is 84.9 Å². The van der Waals surface area contributed by atoms with Crippen molar-refractivity contribution in [3.63, 3.8) is 0 Å². The maximum absolute atomic E-state index is 11.6. The number of hydrogen-bond donors (Lipinski definition) is 1. The topological polar surface area (TPSA) is 63.6 Å². The number of benzene rings is 4. The summed E-state index contributed by atoms with van der Waals surface area (Å²) in [5.41, 5.74) is 2.58. The number of rotatable bonds is 4. The van der Waals surface area contributed by atoms with Gasteiger partial charge in [0, 0.05) is 0 Å². The van der Waals surface area contributed by atoms with Crippen LogP contribution in [0.3, 0.4) is 0 Å². The minimum atomic E-state index is -0.894. The Morgan fingerprint density at radius 3 is 1.70 bits per heavy atom. The van der Waals surface area contributed by atoms with Gasteiger partial charge in [-0.3, -0.25) is 0 Å². The molecule has 0 saturated heterocycles. The monoisotopic (exact) mass is 396 g/mol. The third-order valence-electron chi connectivity index (χ3n) is 4.21. The number of aromatic carboxylic acids is 1. The van der Waals surface area contributed by atoms with E-state index in [-0.39, 0.29) is 5.97 Å². The Bertz CT molecular complexity index is 1090. The van der Waals surface area contributed by atoms with Gasteiger partial charge in [-0.2, -0.15) is 0 Å². The summed E-state index contributed by atoms with van der Waals surface area (Å²) < 4.78 is 5.16. The van der Waals surface area contributed by atoms with E-state index in [0.717, 1.165) is 11.1 Å². The van der Waals surface area contributed by atoms with Crippen LogP contribution in [-0.2, 0) is 0 Å². The second-order valence-corrected chi connectivity index (χ2v) is 6.29. The highest BCUT2D eigenvalue weighted by Gasteiger charge is 2.09. The lowest BCUT2D eigenvalue weighted by Gasteiger charge is -2.05. The molecule has 0 unspecified atom stereocenters. The normalized spacial score (nSPS) is 9.73. The second-order valence-electron chi connectivity index (χ2n) is 6.29. The van der Waals surface area contributed by atoms with E-state index < -0.39 is 5.97 Å². The standard InChI is InChI=1S/2C13H10O2/c14-13(11-7-3-1-4-8-11)15-12-9-5-2-6-10-12;14-13(15)12-9-5-4-8-11(12)10-6-2-1-3-7-10/h1-10H;1-9H,(H,14,15). The first-order valence-corrected chi connectivity index (χ1v) is 9.35. The highest BCUT2D eigenvalue weighted by molar-refractivity contribution is 5.96. The van der Waals surface area contributed by atoms with Gasteiger partial charge in [0.05, 0.1) is 11.1 Å². The van der Waals surface area contributed by atoms with Crippen LogP contribution in [0.2, 0.25) is 0 Å². The summed E-state index contributed by atoms with van der Waals surface area (Å²) in [5, 5.41) is 9.03. The summed E-state index contributed by atoms with van der Waals surface area (Å²) in [4.78, 5) is 22.6. The molecule has 148 valence electrons. The van der Waals surface area contributed by atoms with Crippen LogP contribution in [0.15, 0.2) is 115 Å². The molecule has 4 aromatic carbocycles. The molecule has 0 amide bonds. The predicted octanol–water partition coefficient (Wildman–Crippen LogP) is 5.96. The molecular formula is C26H20O4. The Balaban J connectivity index is 0.000000171. The van der Waals surface area contributed by atoms with Crippen molar-refractivity contribution in [3.8, 4) is 16.9 Å². The number of carbonyl (C=O) groups is 2. The maximum Gasteiger partial charge on any atom is 0.343 e. The third kappa shape index (κ3) is 5.66. The zero-order valence-electron chi connectivity index (χ0n) is 16.1. The molecule has 0 saturated carbocycles. The van der Waals surface area contributed by atoms with Gasteiger partial charge in [-0.05, 0) is 41.5 Å². The minimum absolute atomic E-state index is 0.332. The highest BCUT2D eigenvalue weighted by atomic mass is 16.5. The summed E-state index contributed by atoms with van der Waals surface area (Å²) in [7, 11) is 0. The number of para-hydroxylation sites is 1. The largest absolute Gasteiger partial charge is 0.478 e. The van der Waals surface area contributed by atoms with Gasteiger partial charge in [-0.15, -0.1) is 0 Å². The zero-order valence-corrected chi connectivity index (χ0v) is 16.1. The van der Waals surface area contributed by atoms with Crippen molar-refractivity contribution >= 4 is 11.9 Å². The van der Waals surface area contributed by atoms with E-state index in [4.69, 9.17) is 9.84 Å². The smallest absolute Gasteiger partial charge is 0.343 e. The van der Waals surface area contributed by atoms with E-state index in [1.807, 2.05) is 78.9 Å². The lowest BCUT2D eigenvalue weighted by molar-refractivity contribution is 0.0695. The highest BCUT2D eigenvalue weighted by Crippen LogP contribution is 2.23. The zero-order chi connectivity index (χ0) is 21.2. The van der Waals surface area contributed by atoms with Gasteiger partial charge >= 0.3 is 11.9 Å². The van der Waals surface area contributed by atoms with Crippen LogP contribution in [0, 0.1) is 0 Å². The Kier molecular flexibility index (Phi) is 7.12. The molecule has 0 fully saturated rings. The fourth-order valence-corrected chi connectivity index (χ4v) is 2.77. The van der Waals surface area contributed by atoms with E-state index in [9.17, 15) is 9.59 Å². The predicted molar refractivity (Wildman–Crippen MR) is 117 cm³/mol. The van der Waals surface area contributed by atoms with E-state index >= 15 is 0 Å². The molecule has 0 aliphatic heterocycles. The second kappa shape index (κ2) is 10.4. The van der Waals surface area contributed by atoms with Crippen LogP contribution in [0.4, 0.5) is 0 Å². The molecule has 0 atom stereocenters. The van der Waals surface area contributed by atoms with E-state index in [0.29, 0.717) is 16.9 Å². The van der Waals surface area contributed by atoms with Crippen molar-refractivity contribution in [3.05, 3.63) is 126 Å². The lowest BCUT2D eigenvalue weighted by Crippen LogP contribution is -2.07. The molecule has 1 N–H and O–H groups in total. The molecule has 4 heteroatoms. The fourth-order valence-electron chi connectivity index (χ4n) is 2.77. The first kappa shape index (κ1) is 20.6. The summed E-state index contributed by atoms with van der Waals surface area (Å²) in [6, 6.07) is 34.5. The average Bonchev–Trinajstić information content (AvgIpc) is 2.81. The summed E-state index contributed by atoms with van der Waals surface area (Å²) >= 11 is 0. The van der Waals surface area contributed by atoms with Gasteiger partial charge in [0.2, 0.25) is 0 Å². The van der Waals surface area contributed by atoms with Gasteiger partial charge in [0.15, 0.2) is 0 Å². The fraction of sp³-hybridized carbons (Fsp3) is 0. The molecule has 4 nitrogen and oxygen atoms in total. The van der Waals surface area contributed by atoms with Gasteiger partial charge in [-0.25, -0.2) is 9.59 Å². The Morgan fingerprint density at radius 1 is 0.600 bits per heavy atom. The maximum atomic E-state index is 11.6. The molecule has 0 aromatic heterocycles. The van der Waals surface area contributed by atoms with E-state index in [1.54, 1.807) is 36.4 Å². The van der Waals surface area contributed by atoms with Gasteiger partial charge in [0.25, 0.3) is 0 Å². The van der Waals surface area contributed by atoms with Crippen molar-refractivity contribution in [2.45, 2.75) is 0 Å². The summed E-state index contributed by atoms with van der Waals surface area (Å²) in [6.45, 7) is 0. The molecular weight excluding hydrogens is 376 g/mol. The van der Waals surface area contributed by atoms with Crippen LogP contribution in [0.1, 0.15) is 20.7 Å². The molecule has 0 aliphatic rings. The molecule has 4 aromatic rings. The molecule has 0 spiro atoms. The van der Waals surface area contributed by atoms with Crippen LogP contribution in [0.25, 0.3) is 11.1 Å². The Morgan fingerprint density at radius 2 is 1.10 bits per heavy atom. The number of hydrogen-bond acceptors (Lipinski definition) is 3. The summed E-state index contributed by atoms with van der Waals surface area (Å²) in [6.07, 6.45) is 0. The molecule has 30 heavy (non-hydrogen) atoms. The van der Waals surface area contributed by atoms with Crippen molar-refractivity contribution in [2.24, 2.45) is 0 Å². The van der Waals surface area contributed by atoms with Crippen molar-refractivity contribution in [2.75, 3.05) is 0 Å². The van der Waals surface area contributed by atoms with Crippen molar-refractivity contribution in [1.82, 2.24) is 0 Å². The molecule has 0 radical (unpaired) electrons. The lowest BCUT2D eigenvalue weighted by atomic mass is 10.00. The quantitative estimate of drug-likeness (QED) is 0.342. The summed E-state index contributed by atoms with van der Waals surface area (Å²) in [5.74, 6) is -0.664. The van der Waals surface area contributed by atoms with Crippen LogP contribution < -0.4 is 4.74 Å². The minimum Gasteiger partial charge on any atom is -0.478 e. The molecule has 4 rings (SSSR count). The number of carboxylic acid groups (broad SMARTS) is 1. The van der Waals surface area contributed by atoms with Crippen molar-refractivity contribution < 1.29 is 19.4 Å². The van der Waals surface area contributed by atoms with Crippen molar-refractivity contribution in [1.29, 1.82) is 0 Å². The van der Waals surface area contributed by atoms with Gasteiger partial charge in [0.1, 0.15) is 5.75 Å². The molecule has 0 heterocycles.